The van der Waals surface area contributed by atoms with Crippen LogP contribution in [0, 0.1) is 6.92 Å². The summed E-state index contributed by atoms with van der Waals surface area (Å²) in [5.41, 5.74) is 2.41. The molecule has 1 aromatic rings. The van der Waals surface area contributed by atoms with Gasteiger partial charge in [0.1, 0.15) is 0 Å². The van der Waals surface area contributed by atoms with Gasteiger partial charge in [0.25, 0.3) is 0 Å². The first kappa shape index (κ1) is 9.75. The number of hydrogen-bond donors (Lipinski definition) is 1. The van der Waals surface area contributed by atoms with Crippen molar-refractivity contribution < 1.29 is 5.11 Å². The summed E-state index contributed by atoms with van der Waals surface area (Å²) >= 11 is 3.44. The number of aliphatic hydroxyl groups excluding tert-OH is 1. The van der Waals surface area contributed by atoms with Gasteiger partial charge in [0, 0.05) is 17.0 Å². The normalized spacial score (nSPS) is 13.0. The predicted molar refractivity (Wildman–Crippen MR) is 54.4 cm³/mol. The Morgan fingerprint density at radius 3 is 2.67 bits per heavy atom. The smallest absolute Gasteiger partial charge is 0.0497 e. The molecule has 1 rings (SSSR count). The Hall–Kier alpha value is -0.340. The lowest BCUT2D eigenvalue weighted by Crippen LogP contribution is -1.98. The van der Waals surface area contributed by atoms with Crippen LogP contribution in [0.3, 0.4) is 0 Å². The standard InChI is InChI=1S/C10H13BrO/c1-7-5-9(8(2)6-12)3-4-10(7)11/h3-5,8,12H,6H2,1-2H3. The van der Waals surface area contributed by atoms with E-state index in [9.17, 15) is 0 Å². The van der Waals surface area contributed by atoms with Gasteiger partial charge in [-0.25, -0.2) is 0 Å². The van der Waals surface area contributed by atoms with E-state index in [-0.39, 0.29) is 12.5 Å². The largest absolute Gasteiger partial charge is 0.396 e. The average molecular weight is 229 g/mol. The summed E-state index contributed by atoms with van der Waals surface area (Å²) in [6.45, 7) is 4.28. The van der Waals surface area contributed by atoms with Crippen molar-refractivity contribution in [2.24, 2.45) is 0 Å². The van der Waals surface area contributed by atoms with E-state index < -0.39 is 0 Å². The Balaban J connectivity index is 2.96. The maximum atomic E-state index is 8.94. The van der Waals surface area contributed by atoms with Gasteiger partial charge >= 0.3 is 0 Å². The molecule has 1 atom stereocenters. The summed E-state index contributed by atoms with van der Waals surface area (Å²) in [5, 5.41) is 8.94. The van der Waals surface area contributed by atoms with E-state index in [0.29, 0.717) is 0 Å². The Bertz CT molecular complexity index is 271. The molecule has 2 heteroatoms. The van der Waals surface area contributed by atoms with Crippen LogP contribution in [0.25, 0.3) is 0 Å². The molecule has 66 valence electrons. The number of halogens is 1. The molecule has 1 aromatic carbocycles. The summed E-state index contributed by atoms with van der Waals surface area (Å²) in [6.07, 6.45) is 0. The van der Waals surface area contributed by atoms with Crippen molar-refractivity contribution in [2.45, 2.75) is 19.8 Å². The number of rotatable bonds is 2. The van der Waals surface area contributed by atoms with Crippen LogP contribution in [0.15, 0.2) is 22.7 Å². The Labute approximate surface area is 81.6 Å². The van der Waals surface area contributed by atoms with Gasteiger partial charge in [-0.1, -0.05) is 35.0 Å². The van der Waals surface area contributed by atoms with Crippen molar-refractivity contribution in [1.29, 1.82) is 0 Å². The van der Waals surface area contributed by atoms with Gasteiger partial charge < -0.3 is 5.11 Å². The second kappa shape index (κ2) is 4.06. The molecule has 0 aromatic heterocycles. The number of benzene rings is 1. The number of aryl methyl sites for hydroxylation is 1. The Morgan fingerprint density at radius 2 is 2.17 bits per heavy atom. The fraction of sp³-hybridized carbons (Fsp3) is 0.400. The molecule has 0 aliphatic rings. The quantitative estimate of drug-likeness (QED) is 0.826. The summed E-state index contributed by atoms with van der Waals surface area (Å²) < 4.78 is 1.12. The fourth-order valence-corrected chi connectivity index (χ4v) is 1.33. The zero-order valence-electron chi connectivity index (χ0n) is 7.34. The van der Waals surface area contributed by atoms with E-state index in [1.807, 2.05) is 19.1 Å². The zero-order valence-corrected chi connectivity index (χ0v) is 8.93. The first-order valence-electron chi connectivity index (χ1n) is 4.02. The second-order valence-electron chi connectivity index (χ2n) is 3.09. The molecular formula is C10H13BrO. The highest BCUT2D eigenvalue weighted by Gasteiger charge is 2.04. The number of aliphatic hydroxyl groups is 1. The van der Waals surface area contributed by atoms with E-state index in [1.54, 1.807) is 0 Å². The van der Waals surface area contributed by atoms with E-state index in [4.69, 9.17) is 5.11 Å². The summed E-state index contributed by atoms with van der Waals surface area (Å²) in [7, 11) is 0. The van der Waals surface area contributed by atoms with Crippen molar-refractivity contribution in [1.82, 2.24) is 0 Å². The van der Waals surface area contributed by atoms with E-state index in [1.165, 1.54) is 11.1 Å². The molecule has 0 spiro atoms. The SMILES string of the molecule is Cc1cc(C(C)CO)ccc1Br. The van der Waals surface area contributed by atoms with Crippen molar-refractivity contribution in [3.63, 3.8) is 0 Å². The molecule has 0 amide bonds. The van der Waals surface area contributed by atoms with Crippen LogP contribution in [0.4, 0.5) is 0 Å². The lowest BCUT2D eigenvalue weighted by atomic mass is 10.0. The molecule has 0 heterocycles. The fourth-order valence-electron chi connectivity index (χ4n) is 1.08. The lowest BCUT2D eigenvalue weighted by Gasteiger charge is -2.09. The third-order valence-electron chi connectivity index (χ3n) is 2.02. The molecular weight excluding hydrogens is 216 g/mol. The van der Waals surface area contributed by atoms with Crippen LogP contribution in [0.2, 0.25) is 0 Å². The van der Waals surface area contributed by atoms with Crippen LogP contribution in [0.1, 0.15) is 24.0 Å². The van der Waals surface area contributed by atoms with Crippen molar-refractivity contribution >= 4 is 15.9 Å². The van der Waals surface area contributed by atoms with Crippen LogP contribution in [0.5, 0.6) is 0 Å². The van der Waals surface area contributed by atoms with E-state index >= 15 is 0 Å². The second-order valence-corrected chi connectivity index (χ2v) is 3.95. The van der Waals surface area contributed by atoms with E-state index in [0.717, 1.165) is 4.47 Å². The van der Waals surface area contributed by atoms with Crippen LogP contribution < -0.4 is 0 Å². The average Bonchev–Trinajstić information content (AvgIpc) is 2.08. The highest BCUT2D eigenvalue weighted by molar-refractivity contribution is 9.10. The van der Waals surface area contributed by atoms with Crippen molar-refractivity contribution in [3.05, 3.63) is 33.8 Å². The minimum absolute atomic E-state index is 0.209. The van der Waals surface area contributed by atoms with Gasteiger partial charge in [-0.3, -0.25) is 0 Å². The first-order valence-corrected chi connectivity index (χ1v) is 4.81. The highest BCUT2D eigenvalue weighted by atomic mass is 79.9. The first-order chi connectivity index (χ1) is 5.65. The van der Waals surface area contributed by atoms with Gasteiger partial charge in [0.2, 0.25) is 0 Å². The van der Waals surface area contributed by atoms with Crippen LogP contribution >= 0.6 is 15.9 Å². The van der Waals surface area contributed by atoms with E-state index in [2.05, 4.69) is 28.9 Å². The topological polar surface area (TPSA) is 20.2 Å². The van der Waals surface area contributed by atoms with Gasteiger partial charge in [-0.05, 0) is 24.1 Å². The Kier molecular flexibility index (Phi) is 3.29. The molecule has 1 unspecified atom stereocenters. The predicted octanol–water partition coefficient (Wildman–Crippen LogP) is 2.85. The molecule has 0 aliphatic carbocycles. The molecule has 0 saturated carbocycles. The Morgan fingerprint density at radius 1 is 1.50 bits per heavy atom. The number of hydrogen-bond acceptors (Lipinski definition) is 1. The maximum absolute atomic E-state index is 8.94. The third kappa shape index (κ3) is 2.08. The van der Waals surface area contributed by atoms with Gasteiger partial charge in [-0.2, -0.15) is 0 Å². The minimum Gasteiger partial charge on any atom is -0.396 e. The highest BCUT2D eigenvalue weighted by Crippen LogP contribution is 2.21. The molecule has 0 radical (unpaired) electrons. The van der Waals surface area contributed by atoms with Crippen LogP contribution in [-0.4, -0.2) is 11.7 Å². The molecule has 0 bridgehead atoms. The van der Waals surface area contributed by atoms with Gasteiger partial charge in [0.15, 0.2) is 0 Å². The van der Waals surface area contributed by atoms with Gasteiger partial charge in [0.05, 0.1) is 0 Å². The van der Waals surface area contributed by atoms with Crippen LogP contribution in [-0.2, 0) is 0 Å². The third-order valence-corrected chi connectivity index (χ3v) is 2.91. The molecule has 0 aliphatic heterocycles. The summed E-state index contributed by atoms with van der Waals surface area (Å²) in [5.74, 6) is 0.233. The van der Waals surface area contributed by atoms with Crippen molar-refractivity contribution in [2.75, 3.05) is 6.61 Å². The molecule has 0 saturated heterocycles. The lowest BCUT2D eigenvalue weighted by molar-refractivity contribution is 0.273. The molecule has 1 nitrogen and oxygen atoms in total. The molecule has 1 N–H and O–H groups in total. The summed E-state index contributed by atoms with van der Waals surface area (Å²) in [6, 6.07) is 6.17. The molecule has 12 heavy (non-hydrogen) atoms. The van der Waals surface area contributed by atoms with Crippen molar-refractivity contribution in [3.8, 4) is 0 Å². The minimum atomic E-state index is 0.209. The van der Waals surface area contributed by atoms with Gasteiger partial charge in [-0.15, -0.1) is 0 Å². The monoisotopic (exact) mass is 228 g/mol. The molecule has 0 fully saturated rings. The maximum Gasteiger partial charge on any atom is 0.0497 e. The summed E-state index contributed by atoms with van der Waals surface area (Å²) in [4.78, 5) is 0. The zero-order chi connectivity index (χ0) is 9.14.